The lowest BCUT2D eigenvalue weighted by Gasteiger charge is -2.19. The molecule has 284 valence electrons. The molecule has 0 aliphatic heterocycles. The van der Waals surface area contributed by atoms with E-state index in [2.05, 4.69) is 158 Å². The number of benzene rings is 3. The molecule has 3 rings (SSSR count). The van der Waals surface area contributed by atoms with Crippen LogP contribution in [0.2, 0.25) is 0 Å². The molecule has 0 heteroatoms. The summed E-state index contributed by atoms with van der Waals surface area (Å²) < 4.78 is 0. The zero-order chi connectivity index (χ0) is 39.5. The van der Waals surface area contributed by atoms with Gasteiger partial charge in [0.15, 0.2) is 0 Å². The topological polar surface area (TPSA) is 0 Å². The highest BCUT2D eigenvalue weighted by atomic mass is 14.2. The first kappa shape index (κ1) is 46.2. The van der Waals surface area contributed by atoms with Gasteiger partial charge in [0.1, 0.15) is 0 Å². The van der Waals surface area contributed by atoms with Crippen LogP contribution in [0.15, 0.2) is 23.3 Å². The molecule has 0 aliphatic carbocycles. The molecule has 0 spiro atoms. The summed E-state index contributed by atoms with van der Waals surface area (Å²) in [4.78, 5) is 0. The van der Waals surface area contributed by atoms with Crippen molar-refractivity contribution in [3.63, 3.8) is 0 Å². The van der Waals surface area contributed by atoms with Crippen LogP contribution in [0.4, 0.5) is 0 Å². The molecule has 0 saturated heterocycles. The predicted octanol–water partition coefficient (Wildman–Crippen LogP) is 15.5. The van der Waals surface area contributed by atoms with Crippen molar-refractivity contribution in [3.05, 3.63) is 123 Å². The maximum absolute atomic E-state index is 2.38. The normalized spacial score (nSPS) is 12.3. The van der Waals surface area contributed by atoms with Crippen LogP contribution in [0.1, 0.15) is 167 Å². The number of rotatable bonds is 10. The van der Waals surface area contributed by atoms with Crippen LogP contribution >= 0.6 is 0 Å². The summed E-state index contributed by atoms with van der Waals surface area (Å²) in [5.74, 6) is 0.843. The average molecular weight is 693 g/mol. The second-order valence-corrected chi connectivity index (χ2v) is 16.1. The quantitative estimate of drug-likeness (QED) is 0.186. The van der Waals surface area contributed by atoms with Gasteiger partial charge in [-0.25, -0.2) is 0 Å². The summed E-state index contributed by atoms with van der Waals surface area (Å²) in [5.41, 5.74) is 29.8. The van der Waals surface area contributed by atoms with Crippen molar-refractivity contribution in [1.29, 1.82) is 0 Å². The van der Waals surface area contributed by atoms with Gasteiger partial charge in [0.25, 0.3) is 0 Å². The standard InChI is InChI=1S/C17H28.2C17H26/c3*1-8-11(2)9-10-17-15(6)13(4)12(3)14(5)16(17)7/h11H,8-10H2,1-7H3;2*9H,8,10H2,1-7H3/b;11-9+;11-9-. The summed E-state index contributed by atoms with van der Waals surface area (Å²) in [7, 11) is 0. The van der Waals surface area contributed by atoms with Gasteiger partial charge in [-0.15, -0.1) is 0 Å². The average Bonchev–Trinajstić information content (AvgIpc) is 3.12. The minimum absolute atomic E-state index is 0.843. The molecular weight excluding hydrogens is 613 g/mol. The maximum Gasteiger partial charge on any atom is -0.00894 e. The molecule has 0 saturated carbocycles. The van der Waals surface area contributed by atoms with E-state index >= 15 is 0 Å². The van der Waals surface area contributed by atoms with Crippen molar-refractivity contribution in [2.75, 3.05) is 0 Å². The summed E-state index contributed by atoms with van der Waals surface area (Å²) >= 11 is 0. The highest BCUT2D eigenvalue weighted by Gasteiger charge is 2.14. The lowest BCUT2D eigenvalue weighted by atomic mass is 9.86. The van der Waals surface area contributed by atoms with Crippen molar-refractivity contribution in [1.82, 2.24) is 0 Å². The van der Waals surface area contributed by atoms with Gasteiger partial charge in [0, 0.05) is 0 Å². The lowest BCUT2D eigenvalue weighted by Crippen LogP contribution is -2.05. The van der Waals surface area contributed by atoms with Crippen LogP contribution in [0.3, 0.4) is 0 Å². The van der Waals surface area contributed by atoms with Gasteiger partial charge in [-0.1, -0.05) is 57.4 Å². The molecular formula is C51H80. The highest BCUT2D eigenvalue weighted by Crippen LogP contribution is 2.29. The minimum atomic E-state index is 0.843. The molecule has 0 radical (unpaired) electrons. The van der Waals surface area contributed by atoms with Crippen molar-refractivity contribution >= 4 is 0 Å². The van der Waals surface area contributed by atoms with Crippen molar-refractivity contribution in [3.8, 4) is 0 Å². The smallest absolute Gasteiger partial charge is 0.00894 e. The Morgan fingerprint density at radius 2 is 0.627 bits per heavy atom. The fraction of sp³-hybridized carbons (Fsp3) is 0.569. The van der Waals surface area contributed by atoms with Crippen molar-refractivity contribution in [2.24, 2.45) is 5.92 Å². The van der Waals surface area contributed by atoms with Gasteiger partial charge >= 0.3 is 0 Å². The van der Waals surface area contributed by atoms with Gasteiger partial charge in [-0.05, 0) is 262 Å². The Morgan fingerprint density at radius 1 is 0.392 bits per heavy atom. The Hall–Kier alpha value is -2.86. The molecule has 0 aromatic heterocycles. The van der Waals surface area contributed by atoms with Crippen LogP contribution in [-0.4, -0.2) is 0 Å². The summed E-state index contributed by atoms with van der Waals surface area (Å²) in [6.07, 6.45) is 13.1. The van der Waals surface area contributed by atoms with E-state index in [1.165, 1.54) is 125 Å². The molecule has 0 nitrogen and oxygen atoms in total. The maximum atomic E-state index is 2.38. The fourth-order valence-corrected chi connectivity index (χ4v) is 7.16. The molecule has 3 aromatic carbocycles. The fourth-order valence-electron chi connectivity index (χ4n) is 7.16. The van der Waals surface area contributed by atoms with Gasteiger partial charge in [0.05, 0.1) is 0 Å². The molecule has 1 atom stereocenters. The van der Waals surface area contributed by atoms with Gasteiger partial charge in [-0.3, -0.25) is 0 Å². The Balaban J connectivity index is 0.000000382. The second kappa shape index (κ2) is 21.0. The molecule has 0 aliphatic rings. The summed E-state index contributed by atoms with van der Waals surface area (Å²) in [6, 6.07) is 0. The van der Waals surface area contributed by atoms with Crippen LogP contribution in [-0.2, 0) is 19.3 Å². The monoisotopic (exact) mass is 693 g/mol. The zero-order valence-electron chi connectivity index (χ0n) is 37.7. The van der Waals surface area contributed by atoms with E-state index in [1.807, 2.05) is 0 Å². The van der Waals surface area contributed by atoms with E-state index in [9.17, 15) is 0 Å². The number of hydrogen-bond acceptors (Lipinski definition) is 0. The first-order valence-corrected chi connectivity index (χ1v) is 20.2. The molecule has 0 N–H and O–H groups in total. The molecule has 0 bridgehead atoms. The van der Waals surface area contributed by atoms with Gasteiger partial charge < -0.3 is 0 Å². The van der Waals surface area contributed by atoms with E-state index in [1.54, 1.807) is 5.56 Å². The third-order valence-electron chi connectivity index (χ3n) is 13.5. The van der Waals surface area contributed by atoms with Crippen LogP contribution < -0.4 is 0 Å². The Kier molecular flexibility index (Phi) is 19.0. The predicted molar refractivity (Wildman–Crippen MR) is 234 cm³/mol. The Bertz CT molecular complexity index is 1520. The molecule has 51 heavy (non-hydrogen) atoms. The largest absolute Gasteiger partial charge is 0.0812 e. The van der Waals surface area contributed by atoms with Crippen LogP contribution in [0, 0.1) is 110 Å². The molecule has 0 fully saturated rings. The van der Waals surface area contributed by atoms with Crippen LogP contribution in [0.25, 0.3) is 0 Å². The van der Waals surface area contributed by atoms with E-state index in [4.69, 9.17) is 0 Å². The second-order valence-electron chi connectivity index (χ2n) is 16.1. The van der Waals surface area contributed by atoms with E-state index in [-0.39, 0.29) is 0 Å². The Morgan fingerprint density at radius 3 is 0.863 bits per heavy atom. The minimum Gasteiger partial charge on any atom is -0.0812 e. The van der Waals surface area contributed by atoms with Gasteiger partial charge in [0.2, 0.25) is 0 Å². The third kappa shape index (κ3) is 11.8. The lowest BCUT2D eigenvalue weighted by molar-refractivity contribution is 0.515. The molecule has 1 unspecified atom stereocenters. The van der Waals surface area contributed by atoms with Crippen LogP contribution in [0.5, 0.6) is 0 Å². The van der Waals surface area contributed by atoms with E-state index < -0.39 is 0 Å². The molecule has 0 heterocycles. The van der Waals surface area contributed by atoms with E-state index in [0.717, 1.165) is 31.6 Å². The first-order chi connectivity index (χ1) is 23.7. The van der Waals surface area contributed by atoms with Crippen molar-refractivity contribution < 1.29 is 0 Å². The van der Waals surface area contributed by atoms with Crippen molar-refractivity contribution in [2.45, 2.75) is 190 Å². The summed E-state index contributed by atoms with van der Waals surface area (Å²) in [6.45, 7) is 47.4. The number of allylic oxidation sites excluding steroid dienone is 4. The Labute approximate surface area is 318 Å². The highest BCUT2D eigenvalue weighted by molar-refractivity contribution is 5.52. The van der Waals surface area contributed by atoms with E-state index in [0.29, 0.717) is 0 Å². The molecule has 3 aromatic rings. The summed E-state index contributed by atoms with van der Waals surface area (Å²) in [5, 5.41) is 0. The molecule has 0 amide bonds. The third-order valence-corrected chi connectivity index (χ3v) is 13.5. The SMILES string of the molecule is CC/C(C)=C/Cc1c(C)c(C)c(C)c(C)c1C.CC/C(C)=C\Cc1c(C)c(C)c(C)c(C)c1C.CCC(C)CCc1c(C)c(C)c(C)c(C)c1C. The number of hydrogen-bond donors (Lipinski definition) is 0. The van der Waals surface area contributed by atoms with Gasteiger partial charge in [-0.2, -0.15) is 0 Å². The zero-order valence-corrected chi connectivity index (χ0v) is 37.7. The first-order valence-electron chi connectivity index (χ1n) is 20.2.